The summed E-state index contributed by atoms with van der Waals surface area (Å²) in [7, 11) is 0. The second-order valence-electron chi connectivity index (χ2n) is 7.06. The number of halogens is 4. The third-order valence-corrected chi connectivity index (χ3v) is 4.21. The van der Waals surface area contributed by atoms with Gasteiger partial charge in [0.1, 0.15) is 0 Å². The second-order valence-corrected chi connectivity index (χ2v) is 7.06. The topological polar surface area (TPSA) is 90.1 Å². The van der Waals surface area contributed by atoms with Crippen LogP contribution in [0.5, 0.6) is 5.88 Å². The molecule has 0 aliphatic rings. The number of rotatable bonds is 8. The van der Waals surface area contributed by atoms with Crippen molar-refractivity contribution in [1.82, 2.24) is 15.3 Å². The maximum atomic E-state index is 12.9. The van der Waals surface area contributed by atoms with E-state index in [2.05, 4.69) is 22.2 Å². The summed E-state index contributed by atoms with van der Waals surface area (Å²) in [4.78, 5) is 19.8. The number of nitrogens with zero attached hydrogens (tertiary/aromatic N) is 2. The molecule has 0 spiro atoms. The summed E-state index contributed by atoms with van der Waals surface area (Å²) in [6.07, 6.45) is 1.59. The lowest BCUT2D eigenvalue weighted by molar-refractivity contribution is -0.148. The first-order chi connectivity index (χ1) is 14.5. The highest BCUT2D eigenvalue weighted by Crippen LogP contribution is 2.26. The number of hydrogen-bond acceptors (Lipinski definition) is 5. The van der Waals surface area contributed by atoms with Crippen molar-refractivity contribution >= 4 is 5.91 Å². The minimum Gasteiger partial charge on any atom is -0.471 e. The number of carbonyl (C=O) groups is 1. The fraction of sp³-hybridized carbons (Fsp3) is 0.476. The summed E-state index contributed by atoms with van der Waals surface area (Å²) >= 11 is 0. The van der Waals surface area contributed by atoms with Crippen LogP contribution in [0.3, 0.4) is 0 Å². The molecule has 31 heavy (non-hydrogen) atoms. The number of ether oxygens (including phenoxy) is 1. The first-order valence-electron chi connectivity index (χ1n) is 9.69. The minimum absolute atomic E-state index is 0.165. The van der Waals surface area contributed by atoms with Gasteiger partial charge in [0.25, 0.3) is 5.91 Å². The highest BCUT2D eigenvalue weighted by molar-refractivity contribution is 5.94. The van der Waals surface area contributed by atoms with E-state index in [-0.39, 0.29) is 11.8 Å². The number of nitrogens with one attached hydrogen (secondary N) is 1. The molecule has 0 bridgehead atoms. The van der Waals surface area contributed by atoms with Gasteiger partial charge in [0.05, 0.1) is 6.04 Å². The van der Waals surface area contributed by atoms with Crippen LogP contribution in [0.4, 0.5) is 17.6 Å². The van der Waals surface area contributed by atoms with E-state index in [1.165, 1.54) is 18.6 Å². The molecular weight excluding hydrogens is 416 g/mol. The Labute approximate surface area is 179 Å². The number of amides is 1. The molecule has 10 heteroatoms. The van der Waals surface area contributed by atoms with Gasteiger partial charge >= 0.3 is 12.3 Å². The molecule has 0 aromatic carbocycles. The van der Waals surface area contributed by atoms with Crippen LogP contribution < -0.4 is 15.8 Å². The molecule has 2 aromatic rings. The Hall–Kier alpha value is -2.75. The zero-order chi connectivity index (χ0) is 23.6. The fourth-order valence-electron chi connectivity index (χ4n) is 2.07. The van der Waals surface area contributed by atoms with Crippen LogP contribution in [-0.4, -0.2) is 40.9 Å². The number of aryl methyl sites for hydroxylation is 1. The SMILES string of the molecule is CCC(C)N.Cc1cc(C(C)NC(=O)c2ccncc2)cnc1OCC(F)(F)C(F)F. The van der Waals surface area contributed by atoms with E-state index >= 15 is 0 Å². The molecule has 172 valence electrons. The van der Waals surface area contributed by atoms with Gasteiger partial charge in [-0.1, -0.05) is 6.92 Å². The zero-order valence-corrected chi connectivity index (χ0v) is 17.9. The van der Waals surface area contributed by atoms with Crippen LogP contribution in [0.25, 0.3) is 0 Å². The van der Waals surface area contributed by atoms with E-state index < -0.39 is 25.0 Å². The molecule has 2 rings (SSSR count). The van der Waals surface area contributed by atoms with Gasteiger partial charge in [-0.05, 0) is 51.0 Å². The van der Waals surface area contributed by atoms with Crippen LogP contribution in [0.1, 0.15) is 54.7 Å². The van der Waals surface area contributed by atoms with Crippen molar-refractivity contribution in [2.24, 2.45) is 5.73 Å². The lowest BCUT2D eigenvalue weighted by atomic mass is 10.1. The van der Waals surface area contributed by atoms with Gasteiger partial charge in [0.15, 0.2) is 6.61 Å². The average Bonchev–Trinajstić information content (AvgIpc) is 2.73. The Morgan fingerprint density at radius 2 is 1.84 bits per heavy atom. The van der Waals surface area contributed by atoms with Crippen molar-refractivity contribution in [2.45, 2.75) is 58.5 Å². The molecule has 2 atom stereocenters. The number of carbonyl (C=O) groups excluding carboxylic acids is 1. The molecule has 0 radical (unpaired) electrons. The van der Waals surface area contributed by atoms with Crippen molar-refractivity contribution in [3.05, 3.63) is 53.5 Å². The number of pyridine rings is 2. The summed E-state index contributed by atoms with van der Waals surface area (Å²) in [6, 6.07) is 4.67. The largest absolute Gasteiger partial charge is 0.471 e. The highest BCUT2D eigenvalue weighted by Gasteiger charge is 2.42. The molecule has 1 amide bonds. The Morgan fingerprint density at radius 3 is 2.32 bits per heavy atom. The Kier molecular flexibility index (Phi) is 10.3. The van der Waals surface area contributed by atoms with E-state index in [0.29, 0.717) is 22.7 Å². The highest BCUT2D eigenvalue weighted by atomic mass is 19.3. The van der Waals surface area contributed by atoms with E-state index in [1.807, 2.05) is 6.92 Å². The average molecular weight is 444 g/mol. The molecule has 0 fully saturated rings. The summed E-state index contributed by atoms with van der Waals surface area (Å²) in [5, 5.41) is 2.76. The van der Waals surface area contributed by atoms with Gasteiger partial charge < -0.3 is 15.8 Å². The predicted molar refractivity (Wildman–Crippen MR) is 109 cm³/mol. The van der Waals surface area contributed by atoms with Gasteiger partial charge in [-0.2, -0.15) is 8.78 Å². The van der Waals surface area contributed by atoms with E-state index in [9.17, 15) is 22.4 Å². The summed E-state index contributed by atoms with van der Waals surface area (Å²) in [5.41, 5.74) is 6.72. The Bertz CT molecular complexity index is 820. The molecule has 0 saturated heterocycles. The lowest BCUT2D eigenvalue weighted by Gasteiger charge is -2.18. The van der Waals surface area contributed by atoms with Crippen LogP contribution in [0, 0.1) is 6.92 Å². The molecule has 3 N–H and O–H groups in total. The lowest BCUT2D eigenvalue weighted by Crippen LogP contribution is -2.34. The normalized spacial score (nSPS) is 13.1. The van der Waals surface area contributed by atoms with Crippen LogP contribution in [-0.2, 0) is 0 Å². The first-order valence-corrected chi connectivity index (χ1v) is 9.69. The maximum absolute atomic E-state index is 12.9. The fourth-order valence-corrected chi connectivity index (χ4v) is 2.07. The zero-order valence-electron chi connectivity index (χ0n) is 17.9. The maximum Gasteiger partial charge on any atom is 0.340 e. The molecule has 6 nitrogen and oxygen atoms in total. The third kappa shape index (κ3) is 8.87. The standard InChI is InChI=1S/C17H17F4N3O2.C4H11N/c1-10-7-13(8-23-15(10)26-9-17(20,21)16(18)19)11(2)24-14(25)12-3-5-22-6-4-12;1-3-4(2)5/h3-8,11,16H,9H2,1-2H3,(H,24,25);4H,3,5H2,1-2H3. The molecule has 2 unspecified atom stereocenters. The van der Waals surface area contributed by atoms with Crippen molar-refractivity contribution in [1.29, 1.82) is 0 Å². The smallest absolute Gasteiger partial charge is 0.340 e. The quantitative estimate of drug-likeness (QED) is 0.593. The van der Waals surface area contributed by atoms with E-state index in [0.717, 1.165) is 6.42 Å². The molecule has 0 aliphatic heterocycles. The molecule has 2 heterocycles. The number of aromatic nitrogens is 2. The van der Waals surface area contributed by atoms with Crippen LogP contribution >= 0.6 is 0 Å². The molecule has 0 aliphatic carbocycles. The Balaban J connectivity index is 0.000000861. The second kappa shape index (κ2) is 12.2. The number of alkyl halides is 4. The van der Waals surface area contributed by atoms with E-state index in [4.69, 9.17) is 10.5 Å². The van der Waals surface area contributed by atoms with Crippen LogP contribution in [0.15, 0.2) is 36.8 Å². The number of hydrogen-bond donors (Lipinski definition) is 2. The van der Waals surface area contributed by atoms with Gasteiger partial charge in [-0.15, -0.1) is 0 Å². The number of nitrogens with two attached hydrogens (primary N) is 1. The molecule has 2 aromatic heterocycles. The molecular formula is C21H28F4N4O2. The third-order valence-electron chi connectivity index (χ3n) is 4.21. The summed E-state index contributed by atoms with van der Waals surface area (Å²) < 4.78 is 54.9. The van der Waals surface area contributed by atoms with Gasteiger partial charge in [-0.3, -0.25) is 9.78 Å². The Morgan fingerprint density at radius 1 is 1.26 bits per heavy atom. The summed E-state index contributed by atoms with van der Waals surface area (Å²) in [6.45, 7) is 5.88. The van der Waals surface area contributed by atoms with Gasteiger partial charge in [0, 0.05) is 35.8 Å². The van der Waals surface area contributed by atoms with Crippen molar-refractivity contribution in [2.75, 3.05) is 6.61 Å². The van der Waals surface area contributed by atoms with E-state index in [1.54, 1.807) is 32.0 Å². The van der Waals surface area contributed by atoms with Crippen molar-refractivity contribution < 1.29 is 27.1 Å². The first kappa shape index (κ1) is 26.3. The monoisotopic (exact) mass is 444 g/mol. The van der Waals surface area contributed by atoms with Crippen molar-refractivity contribution in [3.63, 3.8) is 0 Å². The predicted octanol–water partition coefficient (Wildman–Crippen LogP) is 4.30. The summed E-state index contributed by atoms with van der Waals surface area (Å²) in [5.74, 6) is -4.73. The van der Waals surface area contributed by atoms with Crippen molar-refractivity contribution in [3.8, 4) is 5.88 Å². The van der Waals surface area contributed by atoms with Crippen LogP contribution in [0.2, 0.25) is 0 Å². The van der Waals surface area contributed by atoms with Gasteiger partial charge in [0.2, 0.25) is 5.88 Å². The van der Waals surface area contributed by atoms with Gasteiger partial charge in [-0.25, -0.2) is 13.8 Å². The minimum atomic E-state index is -4.25. The molecule has 0 saturated carbocycles.